The molecule has 0 bridgehead atoms. The standard InChI is InChI=1S/C19H30N3O2PS/c1-5-9-21(10-6-2)19(23)22-11-8-20-18(22)14-12-17(26)16(25-4)13-15(14)24-7-3/h12-13,25-26H,5-11H2,1-4H3. The van der Waals surface area contributed by atoms with E-state index in [0.29, 0.717) is 34.1 Å². The molecule has 1 unspecified atom stereocenters. The van der Waals surface area contributed by atoms with Crippen molar-refractivity contribution in [3.63, 3.8) is 0 Å². The lowest BCUT2D eigenvalue weighted by atomic mass is 10.1. The predicted octanol–water partition coefficient (Wildman–Crippen LogP) is 3.61. The van der Waals surface area contributed by atoms with E-state index in [0.717, 1.165) is 47.4 Å². The topological polar surface area (TPSA) is 45.1 Å². The second-order valence-corrected chi connectivity index (χ2v) is 7.70. The SMILES string of the molecule is CCCN(CCC)C(=O)N1CCN=C1c1cc(S)c(PC)cc1OCC. The number of hydrogen-bond acceptors (Lipinski definition) is 4. The summed E-state index contributed by atoms with van der Waals surface area (Å²) in [6.45, 7) is 11.6. The fourth-order valence-electron chi connectivity index (χ4n) is 3.10. The molecular formula is C19H30N3O2PS. The van der Waals surface area contributed by atoms with Crippen LogP contribution in [0.4, 0.5) is 4.79 Å². The third-order valence-corrected chi connectivity index (χ3v) is 5.77. The summed E-state index contributed by atoms with van der Waals surface area (Å²) in [5.74, 6) is 1.49. The van der Waals surface area contributed by atoms with E-state index < -0.39 is 0 Å². The molecule has 0 aromatic heterocycles. The van der Waals surface area contributed by atoms with Crippen LogP contribution in [0.2, 0.25) is 0 Å². The van der Waals surface area contributed by atoms with Crippen LogP contribution in [0.3, 0.4) is 0 Å². The number of ether oxygens (including phenoxy) is 1. The van der Waals surface area contributed by atoms with Crippen LogP contribution in [0.25, 0.3) is 0 Å². The summed E-state index contributed by atoms with van der Waals surface area (Å²) < 4.78 is 5.87. The molecule has 5 nitrogen and oxygen atoms in total. The van der Waals surface area contributed by atoms with Gasteiger partial charge in [-0.15, -0.1) is 12.6 Å². The summed E-state index contributed by atoms with van der Waals surface area (Å²) in [7, 11) is 0.636. The molecule has 0 fully saturated rings. The van der Waals surface area contributed by atoms with Gasteiger partial charge in [0.25, 0.3) is 0 Å². The monoisotopic (exact) mass is 395 g/mol. The molecular weight excluding hydrogens is 365 g/mol. The highest BCUT2D eigenvalue weighted by Crippen LogP contribution is 2.28. The van der Waals surface area contributed by atoms with Gasteiger partial charge in [0, 0.05) is 24.5 Å². The van der Waals surface area contributed by atoms with Crippen molar-refractivity contribution >= 4 is 38.4 Å². The number of amidine groups is 1. The minimum absolute atomic E-state index is 0.0366. The average Bonchev–Trinajstić information content (AvgIpc) is 3.11. The molecule has 0 radical (unpaired) electrons. The Morgan fingerprint density at radius 3 is 2.58 bits per heavy atom. The first-order valence-corrected chi connectivity index (χ1v) is 11.3. The zero-order valence-electron chi connectivity index (χ0n) is 16.2. The Bertz CT molecular complexity index is 660. The van der Waals surface area contributed by atoms with E-state index in [9.17, 15) is 4.79 Å². The number of urea groups is 1. The van der Waals surface area contributed by atoms with Crippen molar-refractivity contribution < 1.29 is 9.53 Å². The maximum Gasteiger partial charge on any atom is 0.325 e. The predicted molar refractivity (Wildman–Crippen MR) is 114 cm³/mol. The smallest absolute Gasteiger partial charge is 0.325 e. The van der Waals surface area contributed by atoms with Crippen molar-refractivity contribution in [1.82, 2.24) is 9.80 Å². The van der Waals surface area contributed by atoms with Gasteiger partial charge in [0.1, 0.15) is 11.6 Å². The lowest BCUT2D eigenvalue weighted by Crippen LogP contribution is -2.46. The largest absolute Gasteiger partial charge is 0.493 e. The van der Waals surface area contributed by atoms with Crippen LogP contribution in [0, 0.1) is 0 Å². The van der Waals surface area contributed by atoms with Crippen molar-refractivity contribution in [3.8, 4) is 5.75 Å². The molecule has 26 heavy (non-hydrogen) atoms. The van der Waals surface area contributed by atoms with E-state index in [-0.39, 0.29) is 6.03 Å². The van der Waals surface area contributed by atoms with Crippen molar-refractivity contribution in [1.29, 1.82) is 0 Å². The molecule has 1 aliphatic rings. The molecule has 0 aliphatic carbocycles. The van der Waals surface area contributed by atoms with Gasteiger partial charge in [0.05, 0.1) is 18.7 Å². The van der Waals surface area contributed by atoms with Crippen LogP contribution < -0.4 is 10.0 Å². The van der Waals surface area contributed by atoms with Crippen molar-refractivity contribution in [3.05, 3.63) is 17.7 Å². The van der Waals surface area contributed by atoms with Crippen molar-refractivity contribution in [2.45, 2.75) is 38.5 Å². The quantitative estimate of drug-likeness (QED) is 0.540. The second kappa shape index (κ2) is 10.2. The highest BCUT2D eigenvalue weighted by atomic mass is 32.1. The molecule has 0 saturated heterocycles. The number of carbonyl (C=O) groups is 1. The zero-order valence-corrected chi connectivity index (χ0v) is 18.1. The molecule has 2 rings (SSSR count). The normalized spacial score (nSPS) is 14.2. The van der Waals surface area contributed by atoms with Gasteiger partial charge in [0.15, 0.2) is 0 Å². The number of thiol groups is 1. The zero-order chi connectivity index (χ0) is 19.1. The summed E-state index contributed by atoms with van der Waals surface area (Å²) >= 11 is 4.63. The van der Waals surface area contributed by atoms with Crippen LogP contribution in [0.15, 0.2) is 22.0 Å². The minimum Gasteiger partial charge on any atom is -0.493 e. The summed E-state index contributed by atoms with van der Waals surface area (Å²) in [6, 6.07) is 4.07. The van der Waals surface area contributed by atoms with Crippen molar-refractivity contribution in [2.75, 3.05) is 39.5 Å². The van der Waals surface area contributed by atoms with Crippen LogP contribution in [-0.2, 0) is 0 Å². The average molecular weight is 396 g/mol. The molecule has 1 aromatic rings. The van der Waals surface area contributed by atoms with Crippen LogP contribution in [0.1, 0.15) is 39.2 Å². The fourth-order valence-corrected chi connectivity index (χ4v) is 4.23. The number of amides is 2. The van der Waals surface area contributed by atoms with Crippen molar-refractivity contribution in [2.24, 2.45) is 4.99 Å². The van der Waals surface area contributed by atoms with Gasteiger partial charge in [-0.3, -0.25) is 9.89 Å². The first-order valence-electron chi connectivity index (χ1n) is 9.36. The molecule has 1 aromatic carbocycles. The van der Waals surface area contributed by atoms with E-state index in [1.54, 1.807) is 4.90 Å². The number of rotatable bonds is 8. The van der Waals surface area contributed by atoms with Gasteiger partial charge in [-0.1, -0.05) is 22.4 Å². The molecule has 2 amide bonds. The Morgan fingerprint density at radius 2 is 2.00 bits per heavy atom. The van der Waals surface area contributed by atoms with Crippen LogP contribution in [-0.4, -0.2) is 61.1 Å². The Kier molecular flexibility index (Phi) is 8.23. The summed E-state index contributed by atoms with van der Waals surface area (Å²) in [5, 5.41) is 1.16. The minimum atomic E-state index is 0.0366. The Morgan fingerprint density at radius 1 is 1.31 bits per heavy atom. The van der Waals surface area contributed by atoms with Crippen LogP contribution in [0.5, 0.6) is 5.75 Å². The second-order valence-electron chi connectivity index (χ2n) is 6.18. The van der Waals surface area contributed by atoms with Crippen LogP contribution >= 0.6 is 21.2 Å². The Labute approximate surface area is 164 Å². The maximum atomic E-state index is 13.1. The number of hydrogen-bond donors (Lipinski definition) is 1. The molecule has 0 spiro atoms. The van der Waals surface area contributed by atoms with Gasteiger partial charge in [0.2, 0.25) is 0 Å². The van der Waals surface area contributed by atoms with Gasteiger partial charge < -0.3 is 9.64 Å². The Hall–Kier alpha value is -1.26. The highest BCUT2D eigenvalue weighted by Gasteiger charge is 2.30. The fraction of sp³-hybridized carbons (Fsp3) is 0.579. The first kappa shape index (κ1) is 21.0. The van der Waals surface area contributed by atoms with Gasteiger partial charge >= 0.3 is 6.03 Å². The number of carbonyl (C=O) groups excluding carboxylic acids is 1. The lowest BCUT2D eigenvalue weighted by molar-refractivity contribution is 0.177. The molecule has 7 heteroatoms. The van der Waals surface area contributed by atoms with E-state index in [1.165, 1.54) is 0 Å². The maximum absolute atomic E-state index is 13.1. The van der Waals surface area contributed by atoms with Gasteiger partial charge in [-0.25, -0.2) is 4.79 Å². The van der Waals surface area contributed by atoms with E-state index >= 15 is 0 Å². The molecule has 0 N–H and O–H groups in total. The molecule has 0 saturated carbocycles. The van der Waals surface area contributed by atoms with E-state index in [4.69, 9.17) is 4.74 Å². The Balaban J connectivity index is 2.37. The van der Waals surface area contributed by atoms with Gasteiger partial charge in [-0.05, 0) is 43.9 Å². The van der Waals surface area contributed by atoms with E-state index in [1.807, 2.05) is 24.0 Å². The number of nitrogens with zero attached hydrogens (tertiary/aromatic N) is 3. The summed E-state index contributed by atoms with van der Waals surface area (Å²) in [6.07, 6.45) is 1.90. The van der Waals surface area contributed by atoms with E-state index in [2.05, 4.69) is 38.1 Å². The third-order valence-electron chi connectivity index (χ3n) is 4.24. The third kappa shape index (κ3) is 4.72. The number of benzene rings is 1. The summed E-state index contributed by atoms with van der Waals surface area (Å²) in [4.78, 5) is 22.4. The molecule has 1 heterocycles. The first-order chi connectivity index (χ1) is 12.6. The molecule has 1 aliphatic heterocycles. The lowest BCUT2D eigenvalue weighted by Gasteiger charge is -2.29. The molecule has 1 atom stereocenters. The highest BCUT2D eigenvalue weighted by molar-refractivity contribution is 7.81. The number of aliphatic imine (C=N–C) groups is 1. The molecule has 144 valence electrons. The summed E-state index contributed by atoms with van der Waals surface area (Å²) in [5.41, 5.74) is 0.859. The van der Waals surface area contributed by atoms with Gasteiger partial charge in [-0.2, -0.15) is 0 Å².